The number of rotatable bonds is 6. The third-order valence-electron chi connectivity index (χ3n) is 4.10. The largest absolute Gasteiger partial charge is 0.495 e. The number of benzene rings is 2. The highest BCUT2D eigenvalue weighted by Crippen LogP contribution is 2.37. The Hall–Kier alpha value is -2.43. The first-order valence-corrected chi connectivity index (χ1v) is 11.1. The van der Waals surface area contributed by atoms with Crippen molar-refractivity contribution in [3.8, 4) is 5.75 Å². The summed E-state index contributed by atoms with van der Waals surface area (Å²) >= 11 is 7.32. The third-order valence-corrected chi connectivity index (χ3v) is 6.82. The van der Waals surface area contributed by atoms with Gasteiger partial charge in [0.2, 0.25) is 5.91 Å². The molecule has 11 heteroatoms. The van der Waals surface area contributed by atoms with Gasteiger partial charge in [0.25, 0.3) is 10.0 Å². The molecule has 0 aliphatic carbocycles. The van der Waals surface area contributed by atoms with E-state index in [-0.39, 0.29) is 33.8 Å². The number of nitrogens with one attached hydrogen (secondary N) is 1. The fraction of sp³-hybridized carbons (Fsp3) is 0.222. The zero-order chi connectivity index (χ0) is 21.2. The van der Waals surface area contributed by atoms with E-state index in [4.69, 9.17) is 16.3 Å². The molecular formula is C18H17ClN2O6S2. The molecule has 29 heavy (non-hydrogen) atoms. The molecule has 0 atom stereocenters. The molecule has 1 aliphatic rings. The Morgan fingerprint density at radius 3 is 2.66 bits per heavy atom. The minimum absolute atomic E-state index is 0.0617. The van der Waals surface area contributed by atoms with E-state index >= 15 is 0 Å². The number of esters is 1. The summed E-state index contributed by atoms with van der Waals surface area (Å²) in [6, 6.07) is 8.89. The van der Waals surface area contributed by atoms with Crippen molar-refractivity contribution in [2.75, 3.05) is 36.1 Å². The number of ether oxygens (including phenoxy) is 2. The number of sulfonamides is 1. The van der Waals surface area contributed by atoms with Crippen LogP contribution < -0.4 is 14.4 Å². The summed E-state index contributed by atoms with van der Waals surface area (Å²) in [7, 11) is -1.30. The fourth-order valence-corrected chi connectivity index (χ4v) is 4.90. The molecular weight excluding hydrogens is 440 g/mol. The molecule has 1 N–H and O–H groups in total. The van der Waals surface area contributed by atoms with Crippen molar-refractivity contribution in [2.45, 2.75) is 9.79 Å². The highest BCUT2D eigenvalue weighted by Gasteiger charge is 2.29. The Balaban J connectivity index is 1.94. The van der Waals surface area contributed by atoms with Gasteiger partial charge in [0.05, 0.1) is 41.3 Å². The van der Waals surface area contributed by atoms with E-state index in [0.29, 0.717) is 16.3 Å². The second kappa shape index (κ2) is 8.52. The maximum atomic E-state index is 12.8. The summed E-state index contributed by atoms with van der Waals surface area (Å²) in [5.74, 6) is -0.344. The van der Waals surface area contributed by atoms with Gasteiger partial charge in [0.1, 0.15) is 12.3 Å². The molecule has 0 fully saturated rings. The molecule has 154 valence electrons. The van der Waals surface area contributed by atoms with Gasteiger partial charge >= 0.3 is 5.97 Å². The van der Waals surface area contributed by atoms with Crippen LogP contribution in [0.1, 0.15) is 0 Å². The number of methoxy groups -OCH3 is 2. The molecule has 1 aliphatic heterocycles. The number of nitrogens with zero attached hydrogens (tertiary/aromatic N) is 1. The van der Waals surface area contributed by atoms with Gasteiger partial charge in [-0.15, -0.1) is 11.8 Å². The number of fused-ring (bicyclic) bond motifs is 1. The van der Waals surface area contributed by atoms with Crippen LogP contribution in [0.3, 0.4) is 0 Å². The van der Waals surface area contributed by atoms with Gasteiger partial charge in [-0.3, -0.25) is 19.2 Å². The molecule has 0 saturated heterocycles. The van der Waals surface area contributed by atoms with E-state index in [2.05, 4.69) is 9.46 Å². The quantitative estimate of drug-likeness (QED) is 0.667. The Morgan fingerprint density at radius 2 is 2.00 bits per heavy atom. The summed E-state index contributed by atoms with van der Waals surface area (Å²) in [6.07, 6.45) is 0. The number of hydrogen-bond acceptors (Lipinski definition) is 7. The van der Waals surface area contributed by atoms with E-state index < -0.39 is 16.0 Å². The molecule has 8 nitrogen and oxygen atoms in total. The number of thioether (sulfide) groups is 1. The maximum Gasteiger partial charge on any atom is 0.325 e. The number of anilines is 2. The summed E-state index contributed by atoms with van der Waals surface area (Å²) in [5, 5.41) is 0.254. The second-order valence-electron chi connectivity index (χ2n) is 5.93. The van der Waals surface area contributed by atoms with Crippen molar-refractivity contribution in [1.82, 2.24) is 0 Å². The Morgan fingerprint density at radius 1 is 1.24 bits per heavy atom. The van der Waals surface area contributed by atoms with Crippen LogP contribution in [0.5, 0.6) is 5.75 Å². The number of halogens is 1. The monoisotopic (exact) mass is 456 g/mol. The van der Waals surface area contributed by atoms with Crippen LogP contribution in [0.2, 0.25) is 5.02 Å². The highest BCUT2D eigenvalue weighted by atomic mass is 35.5. The van der Waals surface area contributed by atoms with Gasteiger partial charge in [0.15, 0.2) is 0 Å². The number of amides is 1. The van der Waals surface area contributed by atoms with Crippen LogP contribution in [-0.4, -0.2) is 46.8 Å². The molecule has 2 aromatic rings. The zero-order valence-corrected chi connectivity index (χ0v) is 17.9. The normalized spacial score (nSPS) is 13.6. The van der Waals surface area contributed by atoms with Gasteiger partial charge in [0, 0.05) is 4.90 Å². The van der Waals surface area contributed by atoms with E-state index in [9.17, 15) is 18.0 Å². The Kier molecular flexibility index (Phi) is 6.25. The lowest BCUT2D eigenvalue weighted by molar-refractivity contribution is -0.139. The predicted molar refractivity (Wildman–Crippen MR) is 110 cm³/mol. The van der Waals surface area contributed by atoms with Crippen molar-refractivity contribution >= 4 is 56.6 Å². The van der Waals surface area contributed by atoms with Gasteiger partial charge < -0.3 is 9.47 Å². The molecule has 2 aromatic carbocycles. The second-order valence-corrected chi connectivity index (χ2v) is 9.04. The first-order valence-electron chi connectivity index (χ1n) is 8.25. The molecule has 3 rings (SSSR count). The standard InChI is InChI=1S/C18H17ClN2O6S2/c1-26-15-5-3-11(7-13(15)19)20-29(24,25)12-4-6-16-14(8-12)21(9-18(23)27-2)17(22)10-28-16/h3-8,20H,9-10H2,1-2H3. The van der Waals surface area contributed by atoms with E-state index in [1.807, 2.05) is 0 Å². The Labute approximate surface area is 177 Å². The molecule has 1 amide bonds. The molecule has 0 spiro atoms. The van der Waals surface area contributed by atoms with Crippen molar-refractivity contribution in [2.24, 2.45) is 0 Å². The third kappa shape index (κ3) is 4.60. The van der Waals surface area contributed by atoms with Crippen molar-refractivity contribution < 1.29 is 27.5 Å². The summed E-state index contributed by atoms with van der Waals surface area (Å²) < 4.78 is 37.8. The lowest BCUT2D eigenvalue weighted by Gasteiger charge is -2.28. The first-order chi connectivity index (χ1) is 13.7. The lowest BCUT2D eigenvalue weighted by atomic mass is 10.2. The van der Waals surface area contributed by atoms with Crippen LogP contribution in [0.25, 0.3) is 0 Å². The molecule has 0 bridgehead atoms. The van der Waals surface area contributed by atoms with Gasteiger partial charge in [-0.05, 0) is 36.4 Å². The SMILES string of the molecule is COC(=O)CN1C(=O)CSc2ccc(S(=O)(=O)Nc3ccc(OC)c(Cl)c3)cc21. The highest BCUT2D eigenvalue weighted by molar-refractivity contribution is 8.00. The Bertz CT molecular complexity index is 1070. The number of carbonyl (C=O) groups is 2. The van der Waals surface area contributed by atoms with Crippen molar-refractivity contribution in [3.63, 3.8) is 0 Å². The minimum atomic E-state index is -3.97. The number of hydrogen-bond donors (Lipinski definition) is 1. The average Bonchev–Trinajstić information content (AvgIpc) is 2.69. The van der Waals surface area contributed by atoms with E-state index in [1.54, 1.807) is 12.1 Å². The summed E-state index contributed by atoms with van der Waals surface area (Å²) in [4.78, 5) is 25.8. The maximum absolute atomic E-state index is 12.8. The molecule has 1 heterocycles. The van der Waals surface area contributed by atoms with E-state index in [0.717, 1.165) is 0 Å². The minimum Gasteiger partial charge on any atom is -0.495 e. The molecule has 0 radical (unpaired) electrons. The molecule has 0 aromatic heterocycles. The van der Waals surface area contributed by atoms with Crippen LogP contribution in [0, 0.1) is 0 Å². The molecule has 0 saturated carbocycles. The topological polar surface area (TPSA) is 102 Å². The summed E-state index contributed by atoms with van der Waals surface area (Å²) in [5.41, 5.74) is 0.595. The average molecular weight is 457 g/mol. The fourth-order valence-electron chi connectivity index (χ4n) is 2.66. The van der Waals surface area contributed by atoms with Crippen LogP contribution in [0.4, 0.5) is 11.4 Å². The van der Waals surface area contributed by atoms with Crippen LogP contribution in [-0.2, 0) is 24.3 Å². The molecule has 0 unspecified atom stereocenters. The van der Waals surface area contributed by atoms with Gasteiger partial charge in [-0.2, -0.15) is 0 Å². The van der Waals surface area contributed by atoms with Crippen LogP contribution >= 0.6 is 23.4 Å². The predicted octanol–water partition coefficient (Wildman–Crippen LogP) is 2.76. The van der Waals surface area contributed by atoms with Gasteiger partial charge in [-0.25, -0.2) is 8.42 Å². The number of carbonyl (C=O) groups excluding carboxylic acids is 2. The lowest BCUT2D eigenvalue weighted by Crippen LogP contribution is -2.39. The smallest absolute Gasteiger partial charge is 0.325 e. The van der Waals surface area contributed by atoms with Crippen molar-refractivity contribution in [3.05, 3.63) is 41.4 Å². The zero-order valence-electron chi connectivity index (χ0n) is 15.5. The first kappa shape index (κ1) is 21.3. The van der Waals surface area contributed by atoms with Crippen molar-refractivity contribution in [1.29, 1.82) is 0 Å². The van der Waals surface area contributed by atoms with Gasteiger partial charge in [-0.1, -0.05) is 11.6 Å². The summed E-state index contributed by atoms with van der Waals surface area (Å²) in [6.45, 7) is -0.298. The van der Waals surface area contributed by atoms with Crippen LogP contribution in [0.15, 0.2) is 46.2 Å². The van der Waals surface area contributed by atoms with E-state index in [1.165, 1.54) is 55.1 Å².